The van der Waals surface area contributed by atoms with Gasteiger partial charge in [-0.1, -0.05) is 146 Å². The van der Waals surface area contributed by atoms with E-state index < -0.39 is 0 Å². The lowest BCUT2D eigenvalue weighted by molar-refractivity contribution is 1.20. The van der Waals surface area contributed by atoms with Gasteiger partial charge in [-0.15, -0.1) is 0 Å². The van der Waals surface area contributed by atoms with E-state index >= 15 is 0 Å². The van der Waals surface area contributed by atoms with E-state index in [4.69, 9.17) is 0 Å². The molecule has 0 aliphatic rings. The summed E-state index contributed by atoms with van der Waals surface area (Å²) >= 11 is 0. The van der Waals surface area contributed by atoms with Crippen molar-refractivity contribution in [2.24, 2.45) is 0 Å². The van der Waals surface area contributed by atoms with Crippen molar-refractivity contribution in [1.82, 2.24) is 0 Å². The number of nitrogens with zero attached hydrogens (tertiary/aromatic N) is 2. The first-order chi connectivity index (χ1) is 32.2. The zero-order valence-electron chi connectivity index (χ0n) is 38.5. The lowest BCUT2D eigenvalue weighted by atomic mass is 9.92. The Morgan fingerprint density at radius 2 is 0.652 bits per heavy atom. The average Bonchev–Trinajstić information content (AvgIpc) is 3.34. The number of fused-ring (bicyclic) bond motifs is 6. The Hall–Kier alpha value is -7.94. The summed E-state index contributed by atoms with van der Waals surface area (Å²) in [5, 5.41) is 10.1. The molecule has 11 aromatic carbocycles. The van der Waals surface area contributed by atoms with Crippen molar-refractivity contribution in [3.8, 4) is 22.3 Å². The molecule has 0 spiro atoms. The van der Waals surface area contributed by atoms with Crippen LogP contribution in [0.3, 0.4) is 0 Å². The summed E-state index contributed by atoms with van der Waals surface area (Å²) in [6.45, 7) is 13.5. The number of rotatable bonds is 8. The Morgan fingerprint density at radius 1 is 0.258 bits per heavy atom. The number of aryl methyl sites for hydroxylation is 6. The third-order valence-electron chi connectivity index (χ3n) is 13.7. The van der Waals surface area contributed by atoms with Crippen LogP contribution < -0.4 is 9.80 Å². The van der Waals surface area contributed by atoms with Crippen molar-refractivity contribution < 1.29 is 0 Å². The fourth-order valence-corrected chi connectivity index (χ4v) is 10.6. The highest BCUT2D eigenvalue weighted by Gasteiger charge is 2.24. The zero-order valence-corrected chi connectivity index (χ0v) is 38.5. The summed E-state index contributed by atoms with van der Waals surface area (Å²) in [6.07, 6.45) is 0. The van der Waals surface area contributed by atoms with E-state index in [2.05, 4.69) is 258 Å². The molecule has 2 nitrogen and oxygen atoms in total. The van der Waals surface area contributed by atoms with Crippen molar-refractivity contribution >= 4 is 77.2 Å². The van der Waals surface area contributed by atoms with Gasteiger partial charge >= 0.3 is 0 Å². The maximum absolute atomic E-state index is 2.51. The molecule has 0 bridgehead atoms. The van der Waals surface area contributed by atoms with Gasteiger partial charge in [0.1, 0.15) is 0 Å². The third kappa shape index (κ3) is 6.98. The van der Waals surface area contributed by atoms with E-state index in [-0.39, 0.29) is 0 Å². The Labute approximate surface area is 388 Å². The van der Waals surface area contributed by atoms with Gasteiger partial charge in [0.25, 0.3) is 0 Å². The van der Waals surface area contributed by atoms with E-state index in [0.717, 1.165) is 5.69 Å². The van der Waals surface area contributed by atoms with Crippen LogP contribution in [0.2, 0.25) is 0 Å². The van der Waals surface area contributed by atoms with E-state index in [0.29, 0.717) is 0 Å². The van der Waals surface area contributed by atoms with Gasteiger partial charge in [-0.2, -0.15) is 0 Å². The average molecular weight is 849 g/mol. The van der Waals surface area contributed by atoms with Gasteiger partial charge < -0.3 is 9.80 Å². The summed E-state index contributed by atoms with van der Waals surface area (Å²) in [7, 11) is 0. The monoisotopic (exact) mass is 848 g/mol. The molecule has 0 unspecified atom stereocenters. The molecule has 0 heterocycles. The second-order valence-electron chi connectivity index (χ2n) is 18.1. The molecule has 0 fully saturated rings. The van der Waals surface area contributed by atoms with Crippen LogP contribution in [0.25, 0.3) is 65.3 Å². The van der Waals surface area contributed by atoms with Crippen LogP contribution in [0.5, 0.6) is 0 Å². The topological polar surface area (TPSA) is 6.48 Å². The van der Waals surface area contributed by atoms with Crippen molar-refractivity contribution in [3.05, 3.63) is 240 Å². The number of para-hydroxylation sites is 2. The summed E-state index contributed by atoms with van der Waals surface area (Å²) < 4.78 is 0. The van der Waals surface area contributed by atoms with Gasteiger partial charge in [-0.05, 0) is 196 Å². The van der Waals surface area contributed by atoms with Crippen molar-refractivity contribution in [3.63, 3.8) is 0 Å². The van der Waals surface area contributed by atoms with Gasteiger partial charge in [-0.25, -0.2) is 0 Å². The van der Waals surface area contributed by atoms with Crippen molar-refractivity contribution in [1.29, 1.82) is 0 Å². The predicted octanol–water partition coefficient (Wildman–Crippen LogP) is 18.4. The summed E-state index contributed by atoms with van der Waals surface area (Å²) in [4.78, 5) is 4.96. The van der Waals surface area contributed by atoms with Gasteiger partial charge in [-0.3, -0.25) is 0 Å². The van der Waals surface area contributed by atoms with E-state index in [1.54, 1.807) is 0 Å². The summed E-state index contributed by atoms with van der Waals surface area (Å²) in [6, 6.07) is 76.1. The highest BCUT2D eigenvalue weighted by atomic mass is 15.2. The van der Waals surface area contributed by atoms with Crippen LogP contribution in [-0.2, 0) is 0 Å². The van der Waals surface area contributed by atoms with Crippen LogP contribution in [0, 0.1) is 41.5 Å². The number of benzene rings is 11. The van der Waals surface area contributed by atoms with Crippen LogP contribution in [0.4, 0.5) is 34.1 Å². The quantitative estimate of drug-likeness (QED) is 0.141. The number of anilines is 6. The lowest BCUT2D eigenvalue weighted by Crippen LogP contribution is -2.15. The van der Waals surface area contributed by atoms with Gasteiger partial charge in [0.15, 0.2) is 0 Å². The van der Waals surface area contributed by atoms with E-state index in [1.165, 1.54) is 127 Å². The Bertz CT molecular complexity index is 3620. The predicted molar refractivity (Wildman–Crippen MR) is 285 cm³/mol. The molecular formula is C64H52N2. The number of hydrogen-bond acceptors (Lipinski definition) is 2. The molecule has 66 heavy (non-hydrogen) atoms. The van der Waals surface area contributed by atoms with Crippen LogP contribution >= 0.6 is 0 Å². The Kier molecular flexibility index (Phi) is 10.2. The van der Waals surface area contributed by atoms with E-state index in [1.807, 2.05) is 0 Å². The molecule has 2 heteroatoms. The Morgan fingerprint density at radius 3 is 1.18 bits per heavy atom. The largest absolute Gasteiger partial charge is 0.310 e. The van der Waals surface area contributed by atoms with Crippen molar-refractivity contribution in [2.45, 2.75) is 41.5 Å². The molecule has 0 aliphatic carbocycles. The first-order valence-corrected chi connectivity index (χ1v) is 23.1. The standard InChI is InChI=1S/C64H52N2/c1-41-19-7-17-29-60(41)65(52-33-31-47(32-34-52)59-39-48-21-9-11-23-53(48)55-25-13-14-27-57(55)59)63-43(3)35-50(36-44(63)4)51-37-45(5)64(46(6)38-51)66(61-30-18-8-20-42(61)2)62-40-49-22-10-12-24-54(49)56-26-15-16-28-58(56)62/h7-40H,1-6H3. The maximum Gasteiger partial charge on any atom is 0.0546 e. The fraction of sp³-hybridized carbons (Fsp3) is 0.0938. The molecule has 0 N–H and O–H groups in total. The molecule has 11 rings (SSSR count). The summed E-state index contributed by atoms with van der Waals surface area (Å²) in [5.74, 6) is 0. The van der Waals surface area contributed by atoms with Gasteiger partial charge in [0.2, 0.25) is 0 Å². The molecular weight excluding hydrogens is 797 g/mol. The number of hydrogen-bond donors (Lipinski definition) is 0. The molecule has 0 amide bonds. The molecule has 318 valence electrons. The maximum atomic E-state index is 2.51. The molecule has 0 radical (unpaired) electrons. The highest BCUT2D eigenvalue weighted by Crippen LogP contribution is 2.48. The zero-order chi connectivity index (χ0) is 45.1. The van der Waals surface area contributed by atoms with Gasteiger partial charge in [0.05, 0.1) is 17.1 Å². The van der Waals surface area contributed by atoms with Crippen LogP contribution in [0.15, 0.2) is 206 Å². The Balaban J connectivity index is 1.01. The first-order valence-electron chi connectivity index (χ1n) is 23.1. The fourth-order valence-electron chi connectivity index (χ4n) is 10.6. The van der Waals surface area contributed by atoms with Crippen molar-refractivity contribution in [2.75, 3.05) is 9.80 Å². The minimum absolute atomic E-state index is 1.13. The minimum Gasteiger partial charge on any atom is -0.310 e. The molecule has 0 aliphatic heterocycles. The molecule has 0 atom stereocenters. The summed E-state index contributed by atoms with van der Waals surface area (Å²) in [5.41, 5.74) is 19.3. The molecule has 0 saturated heterocycles. The van der Waals surface area contributed by atoms with Gasteiger partial charge in [0, 0.05) is 22.4 Å². The molecule has 0 saturated carbocycles. The second kappa shape index (κ2) is 16.6. The van der Waals surface area contributed by atoms with Crippen LogP contribution in [0.1, 0.15) is 33.4 Å². The lowest BCUT2D eigenvalue weighted by Gasteiger charge is -2.32. The molecule has 11 aromatic rings. The molecule has 0 aromatic heterocycles. The van der Waals surface area contributed by atoms with Crippen LogP contribution in [-0.4, -0.2) is 0 Å². The van der Waals surface area contributed by atoms with E-state index in [9.17, 15) is 0 Å². The smallest absolute Gasteiger partial charge is 0.0546 e. The normalized spacial score (nSPS) is 11.5. The third-order valence-corrected chi connectivity index (χ3v) is 13.7. The first kappa shape index (κ1) is 40.8. The minimum atomic E-state index is 1.13. The SMILES string of the molecule is Cc1ccccc1N(c1ccc(-c2cc3ccccc3c3ccccc23)cc1)c1c(C)cc(-c2cc(C)c(N(c3ccccc3C)c3cc4ccccc4c4ccccc34)c(C)c2)cc1C. The highest BCUT2D eigenvalue weighted by molar-refractivity contribution is 6.15. The second-order valence-corrected chi connectivity index (χ2v) is 18.1.